The van der Waals surface area contributed by atoms with Gasteiger partial charge >= 0.3 is 0 Å². The van der Waals surface area contributed by atoms with E-state index in [4.69, 9.17) is 5.73 Å². The molecule has 1 saturated carbocycles. The van der Waals surface area contributed by atoms with Gasteiger partial charge in [-0.2, -0.15) is 0 Å². The lowest BCUT2D eigenvalue weighted by molar-refractivity contribution is -0.123. The lowest BCUT2D eigenvalue weighted by atomic mass is 9.33. The minimum absolute atomic E-state index is 0.137. The summed E-state index contributed by atoms with van der Waals surface area (Å²) in [6.45, 7) is 4.34. The summed E-state index contributed by atoms with van der Waals surface area (Å²) in [4.78, 5) is 12.1. The Morgan fingerprint density at radius 2 is 2.05 bits per heavy atom. The average molecular weight is 281 g/mol. The largest absolute Gasteiger partial charge is 0.332 e. The fourth-order valence-electron chi connectivity index (χ4n) is 4.20. The Bertz CT molecular complexity index is 328. The predicted molar refractivity (Wildman–Crippen MR) is 86.8 cm³/mol. The maximum atomic E-state index is 12.1. The van der Waals surface area contributed by atoms with Gasteiger partial charge in [0.05, 0.1) is 0 Å². The van der Waals surface area contributed by atoms with Crippen molar-refractivity contribution in [3.05, 3.63) is 0 Å². The number of Topliss-reactive ketones (excluding diaryl/α,β-unsaturated/α-hetero) is 1. The third-order valence-electron chi connectivity index (χ3n) is 5.41. The highest BCUT2D eigenvalue weighted by Gasteiger charge is 2.51. The molecule has 2 aliphatic heterocycles. The number of hydrogen-bond donors (Lipinski definition) is 1. The SMILES string of the molecule is CCC(=O)C1CCCCCC2(N)BC(PC)(CC1)C2. The lowest BCUT2D eigenvalue weighted by Gasteiger charge is -2.54. The summed E-state index contributed by atoms with van der Waals surface area (Å²) in [5.41, 5.74) is 6.64. The van der Waals surface area contributed by atoms with Crippen LogP contribution in [-0.2, 0) is 4.79 Å². The molecule has 4 atom stereocenters. The summed E-state index contributed by atoms with van der Waals surface area (Å²) < 4.78 is 0. The molecular weight excluding hydrogens is 252 g/mol. The van der Waals surface area contributed by atoms with Crippen molar-refractivity contribution >= 4 is 21.6 Å². The van der Waals surface area contributed by atoms with E-state index in [0.717, 1.165) is 21.4 Å². The van der Waals surface area contributed by atoms with Crippen LogP contribution in [0.15, 0.2) is 0 Å². The average Bonchev–Trinajstić information content (AvgIpc) is 2.42. The van der Waals surface area contributed by atoms with Crippen molar-refractivity contribution in [3.63, 3.8) is 0 Å². The first-order valence-electron chi connectivity index (χ1n) is 8.03. The summed E-state index contributed by atoms with van der Waals surface area (Å²) in [6.07, 6.45) is 10.3. The van der Waals surface area contributed by atoms with Crippen molar-refractivity contribution in [2.45, 2.75) is 75.2 Å². The highest BCUT2D eigenvalue weighted by Crippen LogP contribution is 2.50. The van der Waals surface area contributed by atoms with E-state index in [2.05, 4.69) is 6.66 Å². The summed E-state index contributed by atoms with van der Waals surface area (Å²) in [6, 6.07) is 0. The van der Waals surface area contributed by atoms with Crippen molar-refractivity contribution in [2.75, 3.05) is 6.66 Å². The molecular formula is C15H29BNOP. The van der Waals surface area contributed by atoms with Gasteiger partial charge in [0.2, 0.25) is 0 Å². The molecule has 4 unspecified atom stereocenters. The maximum absolute atomic E-state index is 12.1. The van der Waals surface area contributed by atoms with E-state index < -0.39 is 0 Å². The molecule has 2 nitrogen and oxygen atoms in total. The van der Waals surface area contributed by atoms with Gasteiger partial charge in [-0.3, -0.25) is 4.79 Å². The molecule has 4 heteroatoms. The highest BCUT2D eigenvalue weighted by atomic mass is 31.1. The molecule has 1 aliphatic carbocycles. The quantitative estimate of drug-likeness (QED) is 0.638. The first-order valence-corrected chi connectivity index (χ1v) is 9.53. The van der Waals surface area contributed by atoms with Gasteiger partial charge in [-0.05, 0) is 42.8 Å². The predicted octanol–water partition coefficient (Wildman–Crippen LogP) is 2.83. The van der Waals surface area contributed by atoms with Crippen LogP contribution in [0.1, 0.15) is 64.7 Å². The second kappa shape index (κ2) is 6.27. The molecule has 3 aliphatic rings. The van der Waals surface area contributed by atoms with Crippen LogP contribution in [0, 0.1) is 5.92 Å². The lowest BCUT2D eigenvalue weighted by Crippen LogP contribution is -2.67. The monoisotopic (exact) mass is 281 g/mol. The fraction of sp³-hybridized carbons (Fsp3) is 0.933. The van der Waals surface area contributed by atoms with Crippen molar-refractivity contribution in [1.82, 2.24) is 0 Å². The Morgan fingerprint density at radius 1 is 1.32 bits per heavy atom. The number of rotatable bonds is 3. The summed E-state index contributed by atoms with van der Waals surface area (Å²) in [5, 5.41) is 0.491. The Balaban J connectivity index is 2.02. The molecule has 0 radical (unpaired) electrons. The number of carbonyl (C=O) groups is 1. The zero-order valence-corrected chi connectivity index (χ0v) is 13.6. The molecule has 19 heavy (non-hydrogen) atoms. The number of fused-ring (bicyclic) bond motifs is 7. The van der Waals surface area contributed by atoms with Crippen molar-refractivity contribution in [2.24, 2.45) is 11.7 Å². The smallest absolute Gasteiger partial charge is 0.157 e. The van der Waals surface area contributed by atoms with E-state index in [1.165, 1.54) is 45.8 Å². The molecule has 2 bridgehead atoms. The van der Waals surface area contributed by atoms with Gasteiger partial charge in [-0.25, -0.2) is 0 Å². The van der Waals surface area contributed by atoms with Crippen LogP contribution in [-0.4, -0.2) is 30.2 Å². The van der Waals surface area contributed by atoms with E-state index in [-0.39, 0.29) is 5.44 Å². The first-order chi connectivity index (χ1) is 9.02. The third kappa shape index (κ3) is 3.61. The molecule has 0 aromatic rings. The number of hydrogen-bond acceptors (Lipinski definition) is 2. The number of ketones is 1. The van der Waals surface area contributed by atoms with Crippen LogP contribution in [0.25, 0.3) is 0 Å². The third-order valence-corrected chi connectivity index (χ3v) is 7.08. The second-order valence-electron chi connectivity index (χ2n) is 6.90. The van der Waals surface area contributed by atoms with Crippen LogP contribution in [0.3, 0.4) is 0 Å². The van der Waals surface area contributed by atoms with Crippen LogP contribution < -0.4 is 5.73 Å². The molecule has 0 aromatic heterocycles. The summed E-state index contributed by atoms with van der Waals surface area (Å²) in [5.74, 6) is 0.830. The number of nitrogens with two attached hydrogens (primary N) is 1. The van der Waals surface area contributed by atoms with Crippen LogP contribution in [0.2, 0.25) is 0 Å². The first kappa shape index (κ1) is 15.5. The van der Waals surface area contributed by atoms with Crippen molar-refractivity contribution in [1.29, 1.82) is 0 Å². The maximum Gasteiger partial charge on any atom is 0.157 e. The van der Waals surface area contributed by atoms with Crippen molar-refractivity contribution in [3.8, 4) is 0 Å². The summed E-state index contributed by atoms with van der Waals surface area (Å²) in [7, 11) is 2.19. The molecule has 2 heterocycles. The topological polar surface area (TPSA) is 43.1 Å². The molecule has 0 amide bonds. The van der Waals surface area contributed by atoms with Crippen LogP contribution >= 0.6 is 8.58 Å². The van der Waals surface area contributed by atoms with E-state index in [9.17, 15) is 4.79 Å². The molecule has 3 rings (SSSR count). The van der Waals surface area contributed by atoms with Gasteiger partial charge in [0.15, 0.2) is 7.28 Å². The molecule has 0 spiro atoms. The van der Waals surface area contributed by atoms with Gasteiger partial charge in [-0.1, -0.05) is 32.6 Å². The Morgan fingerprint density at radius 3 is 2.68 bits per heavy atom. The van der Waals surface area contributed by atoms with Crippen LogP contribution in [0.4, 0.5) is 0 Å². The van der Waals surface area contributed by atoms with Crippen LogP contribution in [0.5, 0.6) is 0 Å². The Labute approximate surface area is 120 Å². The second-order valence-corrected chi connectivity index (χ2v) is 8.46. The zero-order valence-electron chi connectivity index (χ0n) is 12.6. The zero-order chi connectivity index (χ0) is 13.9. The Hall–Kier alpha value is 0.125. The number of carbonyl (C=O) groups excluding carboxylic acids is 1. The normalized spacial score (nSPS) is 40.3. The van der Waals surface area contributed by atoms with E-state index in [0.29, 0.717) is 23.2 Å². The highest BCUT2D eigenvalue weighted by molar-refractivity contribution is 7.42. The van der Waals surface area contributed by atoms with Crippen molar-refractivity contribution < 1.29 is 4.79 Å². The van der Waals surface area contributed by atoms with Gasteiger partial charge < -0.3 is 5.73 Å². The molecule has 108 valence electrons. The van der Waals surface area contributed by atoms with E-state index >= 15 is 0 Å². The molecule has 2 saturated heterocycles. The minimum atomic E-state index is 0.137. The molecule has 0 aromatic carbocycles. The Kier molecular flexibility index (Phi) is 5.12. The standard InChI is InChI=1S/C15H29BNOP/c1-3-13(18)12-7-5-4-6-9-14(17)11-15(16-14,19-2)10-8-12/h12,16,19H,3-11,17H2,1-2H3. The summed E-state index contributed by atoms with van der Waals surface area (Å²) >= 11 is 0. The van der Waals surface area contributed by atoms with Gasteiger partial charge in [0, 0.05) is 12.3 Å². The van der Waals surface area contributed by atoms with Gasteiger partial charge in [0.1, 0.15) is 5.78 Å². The van der Waals surface area contributed by atoms with Gasteiger partial charge in [0.25, 0.3) is 0 Å². The van der Waals surface area contributed by atoms with Gasteiger partial charge in [-0.15, -0.1) is 8.58 Å². The minimum Gasteiger partial charge on any atom is -0.332 e. The van der Waals surface area contributed by atoms with E-state index in [1.54, 1.807) is 0 Å². The molecule has 3 fully saturated rings. The fourth-order valence-corrected chi connectivity index (χ4v) is 5.65. The molecule has 2 N–H and O–H groups in total. The van der Waals surface area contributed by atoms with E-state index in [1.807, 2.05) is 6.92 Å².